The van der Waals surface area contributed by atoms with Gasteiger partial charge in [0, 0.05) is 38.8 Å². The van der Waals surface area contributed by atoms with Gasteiger partial charge in [-0.15, -0.1) is 0 Å². The molecule has 2 heterocycles. The molecule has 0 aromatic heterocycles. The Morgan fingerprint density at radius 2 is 1.76 bits per heavy atom. The maximum atomic E-state index is 13.1. The lowest BCUT2D eigenvalue weighted by Crippen LogP contribution is -2.47. The molecule has 0 radical (unpaired) electrons. The molecule has 0 saturated carbocycles. The van der Waals surface area contributed by atoms with Crippen molar-refractivity contribution >= 4 is 27.8 Å². The highest BCUT2D eigenvalue weighted by molar-refractivity contribution is 7.89. The first-order valence-electron chi connectivity index (χ1n) is 12.0. The SMILES string of the molecule is CCOC(=O)C1CCCN(C(=O)CN(C)C(=O)c2cccc(S(=O)(=O)N3CCCCCC3)c2)C1. The van der Waals surface area contributed by atoms with Crippen molar-refractivity contribution in [2.24, 2.45) is 5.92 Å². The van der Waals surface area contributed by atoms with E-state index in [1.165, 1.54) is 28.4 Å². The van der Waals surface area contributed by atoms with Crippen LogP contribution in [0.25, 0.3) is 0 Å². The molecule has 1 unspecified atom stereocenters. The molecule has 2 saturated heterocycles. The Morgan fingerprint density at radius 1 is 1.06 bits per heavy atom. The van der Waals surface area contributed by atoms with Crippen LogP contribution in [0.3, 0.4) is 0 Å². The second kappa shape index (κ2) is 11.8. The molecule has 2 aliphatic rings. The number of sulfonamides is 1. The number of carbonyl (C=O) groups excluding carboxylic acids is 3. The van der Waals surface area contributed by atoms with Crippen molar-refractivity contribution in [2.75, 3.05) is 46.4 Å². The Balaban J connectivity index is 1.65. The summed E-state index contributed by atoms with van der Waals surface area (Å²) in [6, 6.07) is 6.01. The van der Waals surface area contributed by atoms with Gasteiger partial charge in [-0.3, -0.25) is 14.4 Å². The van der Waals surface area contributed by atoms with Crippen LogP contribution < -0.4 is 0 Å². The van der Waals surface area contributed by atoms with Gasteiger partial charge in [-0.25, -0.2) is 8.42 Å². The molecule has 2 fully saturated rings. The predicted molar refractivity (Wildman–Crippen MR) is 127 cm³/mol. The van der Waals surface area contributed by atoms with E-state index in [0.29, 0.717) is 39.1 Å². The average molecular weight is 494 g/mol. The first-order valence-corrected chi connectivity index (χ1v) is 13.5. The van der Waals surface area contributed by atoms with E-state index in [-0.39, 0.29) is 41.3 Å². The van der Waals surface area contributed by atoms with E-state index in [1.54, 1.807) is 24.0 Å². The van der Waals surface area contributed by atoms with E-state index >= 15 is 0 Å². The van der Waals surface area contributed by atoms with Crippen molar-refractivity contribution < 1.29 is 27.5 Å². The number of esters is 1. The molecule has 1 aromatic rings. The van der Waals surface area contributed by atoms with Gasteiger partial charge in [0.2, 0.25) is 15.9 Å². The number of likely N-dealkylation sites (tertiary alicyclic amines) is 1. The van der Waals surface area contributed by atoms with Gasteiger partial charge in [-0.05, 0) is 50.8 Å². The largest absolute Gasteiger partial charge is 0.466 e. The van der Waals surface area contributed by atoms with Crippen LogP contribution in [-0.2, 0) is 24.3 Å². The van der Waals surface area contributed by atoms with E-state index in [0.717, 1.165) is 25.7 Å². The van der Waals surface area contributed by atoms with Crippen LogP contribution in [0.5, 0.6) is 0 Å². The first kappa shape index (κ1) is 26.2. The number of rotatable bonds is 7. The molecule has 2 amide bonds. The molecule has 0 bridgehead atoms. The third-order valence-electron chi connectivity index (χ3n) is 6.40. The Hall–Kier alpha value is -2.46. The number of piperidine rings is 1. The fraction of sp³-hybridized carbons (Fsp3) is 0.625. The summed E-state index contributed by atoms with van der Waals surface area (Å²) in [7, 11) is -2.17. The Bertz CT molecular complexity index is 988. The van der Waals surface area contributed by atoms with Gasteiger partial charge < -0.3 is 14.5 Å². The van der Waals surface area contributed by atoms with Crippen LogP contribution in [0.15, 0.2) is 29.2 Å². The monoisotopic (exact) mass is 493 g/mol. The van der Waals surface area contributed by atoms with E-state index < -0.39 is 15.9 Å². The zero-order valence-electron chi connectivity index (χ0n) is 20.1. The second-order valence-electron chi connectivity index (χ2n) is 8.94. The van der Waals surface area contributed by atoms with Gasteiger partial charge in [0.1, 0.15) is 0 Å². The summed E-state index contributed by atoms with van der Waals surface area (Å²) in [4.78, 5) is 40.8. The van der Waals surface area contributed by atoms with Gasteiger partial charge >= 0.3 is 5.97 Å². The minimum atomic E-state index is -3.68. The summed E-state index contributed by atoms with van der Waals surface area (Å²) in [5.74, 6) is -1.33. The molecule has 0 aliphatic carbocycles. The third-order valence-corrected chi connectivity index (χ3v) is 8.29. The van der Waals surface area contributed by atoms with E-state index in [4.69, 9.17) is 4.74 Å². The number of nitrogens with zero attached hydrogens (tertiary/aromatic N) is 3. The second-order valence-corrected chi connectivity index (χ2v) is 10.9. The summed E-state index contributed by atoms with van der Waals surface area (Å²) in [6.45, 7) is 3.67. The number of ether oxygens (including phenoxy) is 1. The smallest absolute Gasteiger partial charge is 0.310 e. The highest BCUT2D eigenvalue weighted by Crippen LogP contribution is 2.22. The normalized spacial score (nSPS) is 19.8. The molecule has 0 N–H and O–H groups in total. The fourth-order valence-corrected chi connectivity index (χ4v) is 6.04. The van der Waals surface area contributed by atoms with E-state index in [1.807, 2.05) is 0 Å². The lowest BCUT2D eigenvalue weighted by molar-refractivity contribution is -0.151. The van der Waals surface area contributed by atoms with Gasteiger partial charge in [-0.2, -0.15) is 4.31 Å². The quantitative estimate of drug-likeness (QED) is 0.539. The molecule has 9 nitrogen and oxygen atoms in total. The van der Waals surface area contributed by atoms with Crippen molar-refractivity contribution in [3.8, 4) is 0 Å². The summed E-state index contributed by atoms with van der Waals surface area (Å²) in [6.07, 6.45) is 5.06. The molecule has 1 aromatic carbocycles. The summed E-state index contributed by atoms with van der Waals surface area (Å²) in [5.41, 5.74) is 0.217. The molecule has 1 atom stereocenters. The summed E-state index contributed by atoms with van der Waals surface area (Å²) in [5, 5.41) is 0. The molecule has 10 heteroatoms. The number of amides is 2. The highest BCUT2D eigenvalue weighted by Gasteiger charge is 2.31. The minimum absolute atomic E-state index is 0.0910. The summed E-state index contributed by atoms with van der Waals surface area (Å²) >= 11 is 0. The average Bonchev–Trinajstić information content (AvgIpc) is 3.14. The van der Waals surface area contributed by atoms with Crippen LogP contribution in [0.2, 0.25) is 0 Å². The lowest BCUT2D eigenvalue weighted by atomic mass is 9.98. The van der Waals surface area contributed by atoms with Crippen molar-refractivity contribution in [3.05, 3.63) is 29.8 Å². The van der Waals surface area contributed by atoms with Crippen LogP contribution in [-0.4, -0.2) is 86.7 Å². The van der Waals surface area contributed by atoms with Crippen molar-refractivity contribution in [3.63, 3.8) is 0 Å². The number of hydrogen-bond acceptors (Lipinski definition) is 6. The molecule has 34 heavy (non-hydrogen) atoms. The van der Waals surface area contributed by atoms with Gasteiger partial charge in [0.05, 0.1) is 24.0 Å². The Kier molecular flexibility index (Phi) is 9.07. The van der Waals surface area contributed by atoms with Crippen LogP contribution in [0.1, 0.15) is 55.8 Å². The Morgan fingerprint density at radius 3 is 2.44 bits per heavy atom. The number of benzene rings is 1. The third kappa shape index (κ3) is 6.35. The Labute approximate surface area is 202 Å². The molecular weight excluding hydrogens is 458 g/mol. The number of carbonyl (C=O) groups is 3. The molecule has 0 spiro atoms. The van der Waals surface area contributed by atoms with Crippen LogP contribution >= 0.6 is 0 Å². The molecular formula is C24H35N3O6S. The lowest BCUT2D eigenvalue weighted by Gasteiger charge is -2.32. The van der Waals surface area contributed by atoms with Crippen LogP contribution in [0, 0.1) is 5.92 Å². The van der Waals surface area contributed by atoms with Gasteiger partial charge in [-0.1, -0.05) is 18.9 Å². The van der Waals surface area contributed by atoms with Gasteiger partial charge in [0.25, 0.3) is 5.91 Å². The minimum Gasteiger partial charge on any atom is -0.466 e. The first-order chi connectivity index (χ1) is 16.2. The highest BCUT2D eigenvalue weighted by atomic mass is 32.2. The summed E-state index contributed by atoms with van der Waals surface area (Å²) < 4.78 is 32.8. The van der Waals surface area contributed by atoms with E-state index in [2.05, 4.69) is 0 Å². The van der Waals surface area contributed by atoms with E-state index in [9.17, 15) is 22.8 Å². The topological polar surface area (TPSA) is 104 Å². The number of likely N-dealkylation sites (N-methyl/N-ethyl adjacent to an activating group) is 1. The molecule has 188 valence electrons. The predicted octanol–water partition coefficient (Wildman–Crippen LogP) is 2.12. The van der Waals surface area contributed by atoms with Crippen LogP contribution in [0.4, 0.5) is 0 Å². The van der Waals surface area contributed by atoms with Crippen molar-refractivity contribution in [2.45, 2.75) is 50.3 Å². The zero-order chi connectivity index (χ0) is 24.7. The van der Waals surface area contributed by atoms with Gasteiger partial charge in [0.15, 0.2) is 0 Å². The van der Waals surface area contributed by atoms with Crippen molar-refractivity contribution in [1.82, 2.24) is 14.1 Å². The molecule has 2 aliphatic heterocycles. The molecule has 3 rings (SSSR count). The van der Waals surface area contributed by atoms with Crippen molar-refractivity contribution in [1.29, 1.82) is 0 Å². The fourth-order valence-electron chi connectivity index (χ4n) is 4.47. The standard InChI is InChI=1S/C24H35N3O6S/c1-3-33-24(30)20-11-9-13-26(17-20)22(28)18-25(2)23(29)19-10-8-12-21(16-19)34(31,32)27-14-6-4-5-7-15-27/h8,10,12,16,20H,3-7,9,11,13-15,17-18H2,1-2H3. The maximum absolute atomic E-state index is 13.1. The number of hydrogen-bond donors (Lipinski definition) is 0. The maximum Gasteiger partial charge on any atom is 0.310 e. The zero-order valence-corrected chi connectivity index (χ0v) is 20.9.